The van der Waals surface area contributed by atoms with Crippen molar-refractivity contribution < 1.29 is 13.2 Å². The van der Waals surface area contributed by atoms with Gasteiger partial charge in [0, 0.05) is 0 Å². The smallest absolute Gasteiger partial charge is 0.244 e. The van der Waals surface area contributed by atoms with Crippen LogP contribution in [0.15, 0.2) is 36.4 Å². The third-order valence-corrected chi connectivity index (χ3v) is 6.51. The normalized spacial score (nSPS) is 13.6. The third-order valence-electron chi connectivity index (χ3n) is 5.33. The van der Waals surface area contributed by atoms with Crippen molar-refractivity contribution in [1.82, 2.24) is 5.32 Å². The van der Waals surface area contributed by atoms with Crippen LogP contribution in [0.1, 0.15) is 54.1 Å². The highest BCUT2D eigenvalue weighted by molar-refractivity contribution is 7.92. The number of nitrogens with zero attached hydrogens (tertiary/aromatic N) is 1. The minimum Gasteiger partial charge on any atom is -0.348 e. The molecule has 2 aromatic rings. The summed E-state index contributed by atoms with van der Waals surface area (Å²) in [5.41, 5.74) is 5.85. The van der Waals surface area contributed by atoms with E-state index in [0.717, 1.165) is 34.1 Å². The minimum atomic E-state index is -3.65. The average molecular weight is 417 g/mol. The summed E-state index contributed by atoms with van der Waals surface area (Å²) >= 11 is 0. The van der Waals surface area contributed by atoms with Crippen LogP contribution in [0.3, 0.4) is 0 Å². The van der Waals surface area contributed by atoms with E-state index in [9.17, 15) is 13.2 Å². The van der Waals surface area contributed by atoms with Crippen LogP contribution in [0.4, 0.5) is 5.69 Å². The average Bonchev–Trinajstić information content (AvgIpc) is 2.60. The number of aryl methyl sites for hydroxylation is 4. The molecule has 6 heteroatoms. The molecule has 0 bridgehead atoms. The molecule has 0 aliphatic rings. The SMILES string of the molecule is CCC(C(=O)NC(C)c1ccc(C)cc1C)N(c1ccc(C)c(C)c1)S(C)(=O)=O. The number of hydrogen-bond donors (Lipinski definition) is 1. The van der Waals surface area contributed by atoms with Crippen molar-refractivity contribution in [3.63, 3.8) is 0 Å². The van der Waals surface area contributed by atoms with Crippen molar-refractivity contribution in [2.75, 3.05) is 10.6 Å². The summed E-state index contributed by atoms with van der Waals surface area (Å²) in [6, 6.07) is 10.5. The number of sulfonamides is 1. The zero-order chi connectivity index (χ0) is 21.9. The van der Waals surface area contributed by atoms with Gasteiger partial charge in [0.05, 0.1) is 18.0 Å². The Balaban J connectivity index is 2.36. The Bertz CT molecular complexity index is 999. The standard InChI is InChI=1S/C23H32N2O3S/c1-8-22(23(26)24-19(6)21-12-9-15(2)13-18(21)5)25(29(7,27)28)20-11-10-16(3)17(4)14-20/h9-14,19,22H,8H2,1-7H3,(H,24,26). The maximum atomic E-state index is 13.1. The molecule has 0 aliphatic carbocycles. The number of hydrogen-bond acceptors (Lipinski definition) is 3. The number of nitrogens with one attached hydrogen (secondary N) is 1. The Labute approximate surface area is 175 Å². The van der Waals surface area contributed by atoms with E-state index in [-0.39, 0.29) is 11.9 Å². The van der Waals surface area contributed by atoms with Crippen LogP contribution in [0.2, 0.25) is 0 Å². The minimum absolute atomic E-state index is 0.224. The summed E-state index contributed by atoms with van der Waals surface area (Å²) < 4.78 is 26.5. The van der Waals surface area contributed by atoms with Gasteiger partial charge < -0.3 is 5.32 Å². The maximum absolute atomic E-state index is 13.1. The Morgan fingerprint density at radius 2 is 1.66 bits per heavy atom. The summed E-state index contributed by atoms with van der Waals surface area (Å²) in [6.45, 7) is 11.7. The molecule has 0 radical (unpaired) electrons. The molecule has 29 heavy (non-hydrogen) atoms. The number of amides is 1. The second-order valence-electron chi connectivity index (χ2n) is 7.84. The summed E-state index contributed by atoms with van der Waals surface area (Å²) in [5, 5.41) is 3.01. The number of rotatable bonds is 7. The molecule has 0 aliphatic heterocycles. The van der Waals surface area contributed by atoms with Crippen LogP contribution < -0.4 is 9.62 Å². The second-order valence-corrected chi connectivity index (χ2v) is 9.70. The summed E-state index contributed by atoms with van der Waals surface area (Å²) in [6.07, 6.45) is 1.51. The van der Waals surface area contributed by atoms with Gasteiger partial charge in [-0.15, -0.1) is 0 Å². The first-order valence-corrected chi connectivity index (χ1v) is 11.7. The molecule has 1 N–H and O–H groups in total. The van der Waals surface area contributed by atoms with Gasteiger partial charge in [0.2, 0.25) is 15.9 Å². The molecule has 2 unspecified atom stereocenters. The molecule has 0 aromatic heterocycles. The highest BCUT2D eigenvalue weighted by Gasteiger charge is 2.32. The van der Waals surface area contributed by atoms with Crippen LogP contribution in [-0.2, 0) is 14.8 Å². The number of carbonyl (C=O) groups is 1. The van der Waals surface area contributed by atoms with E-state index in [4.69, 9.17) is 0 Å². The molecule has 0 heterocycles. The fourth-order valence-corrected chi connectivity index (χ4v) is 4.83. The van der Waals surface area contributed by atoms with Gasteiger partial charge in [-0.25, -0.2) is 8.42 Å². The fraction of sp³-hybridized carbons (Fsp3) is 0.435. The van der Waals surface area contributed by atoms with E-state index >= 15 is 0 Å². The molecule has 0 spiro atoms. The molecule has 0 saturated carbocycles. The molecular formula is C23H32N2O3S. The Morgan fingerprint density at radius 1 is 1.00 bits per heavy atom. The van der Waals surface area contributed by atoms with E-state index in [2.05, 4.69) is 11.4 Å². The molecule has 2 atom stereocenters. The Kier molecular flexibility index (Phi) is 7.11. The van der Waals surface area contributed by atoms with Crippen molar-refractivity contribution in [3.8, 4) is 0 Å². The largest absolute Gasteiger partial charge is 0.348 e. The van der Waals surface area contributed by atoms with E-state index in [1.165, 1.54) is 4.31 Å². The first-order chi connectivity index (χ1) is 13.5. The predicted molar refractivity (Wildman–Crippen MR) is 120 cm³/mol. The maximum Gasteiger partial charge on any atom is 0.244 e. The van der Waals surface area contributed by atoms with Crippen LogP contribution in [0.5, 0.6) is 0 Å². The molecule has 5 nitrogen and oxygen atoms in total. The van der Waals surface area contributed by atoms with Gasteiger partial charge in [0.15, 0.2) is 0 Å². The van der Waals surface area contributed by atoms with Crippen LogP contribution in [-0.4, -0.2) is 26.6 Å². The molecule has 158 valence electrons. The number of anilines is 1. The molecule has 0 saturated heterocycles. The second kappa shape index (κ2) is 8.99. The van der Waals surface area contributed by atoms with E-state index < -0.39 is 16.1 Å². The van der Waals surface area contributed by atoms with Crippen molar-refractivity contribution in [2.45, 2.75) is 60.0 Å². The van der Waals surface area contributed by atoms with Gasteiger partial charge in [-0.3, -0.25) is 9.10 Å². The lowest BCUT2D eigenvalue weighted by atomic mass is 10.00. The van der Waals surface area contributed by atoms with Crippen LogP contribution in [0, 0.1) is 27.7 Å². The van der Waals surface area contributed by atoms with E-state index in [0.29, 0.717) is 12.1 Å². The summed E-state index contributed by atoms with van der Waals surface area (Å²) in [4.78, 5) is 13.1. The van der Waals surface area contributed by atoms with Crippen LogP contribution in [0.25, 0.3) is 0 Å². The lowest BCUT2D eigenvalue weighted by molar-refractivity contribution is -0.122. The van der Waals surface area contributed by atoms with E-state index in [1.807, 2.05) is 65.8 Å². The zero-order valence-corrected chi connectivity index (χ0v) is 19.2. The fourth-order valence-electron chi connectivity index (χ4n) is 3.62. The molecule has 2 aromatic carbocycles. The van der Waals surface area contributed by atoms with Gasteiger partial charge in [-0.2, -0.15) is 0 Å². The van der Waals surface area contributed by atoms with Crippen molar-refractivity contribution in [1.29, 1.82) is 0 Å². The topological polar surface area (TPSA) is 66.5 Å². The lowest BCUT2D eigenvalue weighted by Gasteiger charge is -2.31. The quantitative estimate of drug-likeness (QED) is 0.730. The lowest BCUT2D eigenvalue weighted by Crippen LogP contribution is -2.49. The van der Waals surface area contributed by atoms with Gasteiger partial charge in [-0.1, -0.05) is 36.8 Å². The highest BCUT2D eigenvalue weighted by atomic mass is 32.2. The van der Waals surface area contributed by atoms with E-state index in [1.54, 1.807) is 6.07 Å². The van der Waals surface area contributed by atoms with Crippen molar-refractivity contribution >= 4 is 21.6 Å². The first kappa shape index (κ1) is 22.9. The Morgan fingerprint density at radius 3 is 2.17 bits per heavy atom. The van der Waals surface area contributed by atoms with Crippen LogP contribution >= 0.6 is 0 Å². The first-order valence-electron chi connectivity index (χ1n) is 9.89. The Hall–Kier alpha value is -2.34. The zero-order valence-electron chi connectivity index (χ0n) is 18.4. The van der Waals surface area contributed by atoms with Gasteiger partial charge in [0.1, 0.15) is 6.04 Å². The number of carbonyl (C=O) groups excluding carboxylic acids is 1. The summed E-state index contributed by atoms with van der Waals surface area (Å²) in [7, 11) is -3.65. The van der Waals surface area contributed by atoms with Crippen molar-refractivity contribution in [3.05, 3.63) is 64.2 Å². The van der Waals surface area contributed by atoms with Gasteiger partial charge in [-0.05, 0) is 75.4 Å². The monoisotopic (exact) mass is 416 g/mol. The molecule has 0 fully saturated rings. The molecular weight excluding hydrogens is 384 g/mol. The molecule has 1 amide bonds. The summed E-state index contributed by atoms with van der Waals surface area (Å²) in [5.74, 6) is -0.302. The van der Waals surface area contributed by atoms with Crippen molar-refractivity contribution in [2.24, 2.45) is 0 Å². The third kappa shape index (κ3) is 5.38. The predicted octanol–water partition coefficient (Wildman–Crippen LogP) is 4.34. The number of benzene rings is 2. The van der Waals surface area contributed by atoms with Gasteiger partial charge in [0.25, 0.3) is 0 Å². The highest BCUT2D eigenvalue weighted by Crippen LogP contribution is 2.26. The molecule has 2 rings (SSSR count). The van der Waals surface area contributed by atoms with Gasteiger partial charge >= 0.3 is 0 Å².